The van der Waals surface area contributed by atoms with Crippen molar-refractivity contribution in [1.29, 1.82) is 0 Å². The van der Waals surface area contributed by atoms with E-state index in [4.69, 9.17) is 0 Å². The minimum absolute atomic E-state index is 0.696. The highest BCUT2D eigenvalue weighted by molar-refractivity contribution is 7.20. The average molecular weight is 543 g/mol. The van der Waals surface area contributed by atoms with Gasteiger partial charge in [0.25, 0.3) is 0 Å². The molecule has 0 radical (unpaired) electrons. The summed E-state index contributed by atoms with van der Waals surface area (Å²) in [6.07, 6.45) is 36.5. The van der Waals surface area contributed by atoms with Gasteiger partial charge in [0.1, 0.15) is 0 Å². The number of rotatable bonds is 25. The van der Waals surface area contributed by atoms with Gasteiger partial charge in [-0.05, 0) is 40.4 Å². The van der Waals surface area contributed by atoms with E-state index < -0.39 is 0 Å². The van der Waals surface area contributed by atoms with E-state index in [2.05, 4.69) is 29.8 Å². The average Bonchev–Trinajstić information content (AvgIpc) is 3.63. The largest absolute Gasteiger partial charge is 0.143 e. The summed E-state index contributed by atoms with van der Waals surface area (Å²) in [6.45, 7) is 2.31. The fourth-order valence-electron chi connectivity index (χ4n) is 6.35. The van der Waals surface area contributed by atoms with Crippen LogP contribution in [-0.4, -0.2) is 0 Å². The molecule has 0 saturated heterocycles. The molecule has 0 spiro atoms. The van der Waals surface area contributed by atoms with Gasteiger partial charge in [-0.1, -0.05) is 161 Å². The van der Waals surface area contributed by atoms with E-state index >= 15 is 0 Å². The van der Waals surface area contributed by atoms with Crippen molar-refractivity contribution in [3.05, 3.63) is 34.0 Å². The number of fused-ring (bicyclic) bond motifs is 3. The summed E-state index contributed by atoms with van der Waals surface area (Å²) >= 11 is 3.88. The molecule has 1 aliphatic rings. The number of hydrogen-bond donors (Lipinski definition) is 0. The molecule has 37 heavy (non-hydrogen) atoms. The molecule has 0 nitrogen and oxygen atoms in total. The van der Waals surface area contributed by atoms with Crippen LogP contribution in [0.15, 0.2) is 22.9 Å². The lowest BCUT2D eigenvalue weighted by atomic mass is 9.93. The van der Waals surface area contributed by atoms with E-state index in [9.17, 15) is 0 Å². The van der Waals surface area contributed by atoms with Crippen LogP contribution in [0, 0.1) is 0 Å². The summed E-state index contributed by atoms with van der Waals surface area (Å²) in [5.41, 5.74) is 3.25. The van der Waals surface area contributed by atoms with Crippen molar-refractivity contribution in [2.45, 2.75) is 173 Å². The molecule has 2 heteroatoms. The molecule has 210 valence electrons. The maximum Gasteiger partial charge on any atom is 0.0483 e. The summed E-state index contributed by atoms with van der Waals surface area (Å²) in [4.78, 5) is 3.14. The zero-order chi connectivity index (χ0) is 25.8. The lowest BCUT2D eigenvalue weighted by Crippen LogP contribution is -1.95. The van der Waals surface area contributed by atoms with Crippen molar-refractivity contribution in [3.8, 4) is 9.75 Å². The third kappa shape index (κ3) is 12.0. The first-order valence-corrected chi connectivity index (χ1v) is 18.3. The van der Waals surface area contributed by atoms with Gasteiger partial charge < -0.3 is 0 Å². The maximum atomic E-state index is 2.39. The van der Waals surface area contributed by atoms with Crippen LogP contribution in [0.5, 0.6) is 0 Å². The first kappa shape index (κ1) is 30.9. The third-order valence-corrected chi connectivity index (χ3v) is 10.7. The molecule has 0 fully saturated rings. The summed E-state index contributed by atoms with van der Waals surface area (Å²) < 4.78 is 0. The summed E-state index contributed by atoms with van der Waals surface area (Å²) in [5, 5.41) is 4.58. The Morgan fingerprint density at radius 2 is 0.730 bits per heavy atom. The second-order valence-corrected chi connectivity index (χ2v) is 13.7. The molecule has 2 aromatic heterocycles. The van der Waals surface area contributed by atoms with Crippen LogP contribution >= 0.6 is 22.7 Å². The second-order valence-electron chi connectivity index (χ2n) is 11.9. The van der Waals surface area contributed by atoms with E-state index in [1.165, 1.54) is 161 Å². The summed E-state index contributed by atoms with van der Waals surface area (Å²) in [5.74, 6) is 0.696. The van der Waals surface area contributed by atoms with Gasteiger partial charge in [-0.25, -0.2) is 0 Å². The Morgan fingerprint density at radius 3 is 1.05 bits per heavy atom. The molecule has 0 aromatic carbocycles. The zero-order valence-corrected chi connectivity index (χ0v) is 26.0. The summed E-state index contributed by atoms with van der Waals surface area (Å²) in [7, 11) is 0. The molecule has 0 unspecified atom stereocenters. The Kier molecular flexibility index (Phi) is 17.0. The topological polar surface area (TPSA) is 0 Å². The molecule has 3 rings (SSSR count). The van der Waals surface area contributed by atoms with Crippen LogP contribution in [0.25, 0.3) is 9.75 Å². The fraction of sp³-hybridized carbons (Fsp3) is 0.771. The smallest absolute Gasteiger partial charge is 0.0483 e. The Balaban J connectivity index is 0.996. The van der Waals surface area contributed by atoms with Crippen molar-refractivity contribution in [2.75, 3.05) is 0 Å². The predicted octanol–water partition coefficient (Wildman–Crippen LogP) is 13.7. The molecule has 0 saturated carbocycles. The molecule has 0 amide bonds. The van der Waals surface area contributed by atoms with Crippen molar-refractivity contribution >= 4 is 22.7 Å². The lowest BCUT2D eigenvalue weighted by molar-refractivity contribution is 0.515. The van der Waals surface area contributed by atoms with Gasteiger partial charge in [-0.3, -0.25) is 0 Å². The number of unbranched alkanes of at least 4 members (excludes halogenated alkanes) is 23. The van der Waals surface area contributed by atoms with Crippen molar-refractivity contribution in [2.24, 2.45) is 0 Å². The van der Waals surface area contributed by atoms with Crippen LogP contribution in [0.1, 0.15) is 184 Å². The quantitative estimate of drug-likeness (QED) is 0.109. The molecular weight excluding hydrogens is 485 g/mol. The minimum Gasteiger partial charge on any atom is -0.143 e. The summed E-state index contributed by atoms with van der Waals surface area (Å²) in [6, 6.07) is 4.77. The van der Waals surface area contributed by atoms with Crippen LogP contribution in [-0.2, 0) is 0 Å². The second kappa shape index (κ2) is 20.3. The Bertz CT molecular complexity index is 745. The van der Waals surface area contributed by atoms with E-state index in [-0.39, 0.29) is 0 Å². The van der Waals surface area contributed by atoms with E-state index in [1.807, 2.05) is 22.7 Å². The van der Waals surface area contributed by atoms with E-state index in [0.29, 0.717) is 5.92 Å². The van der Waals surface area contributed by atoms with Crippen LogP contribution in [0.2, 0.25) is 0 Å². The SMILES string of the molecule is CCCCCCCCCCCCCCCCCCCCCCCCCCC1c2ccsc2-c2sccc21. The predicted molar refractivity (Wildman–Crippen MR) is 171 cm³/mol. The molecule has 1 aliphatic carbocycles. The third-order valence-electron chi connectivity index (χ3n) is 8.69. The van der Waals surface area contributed by atoms with Gasteiger partial charge in [0.15, 0.2) is 0 Å². The molecular formula is C35H58S2. The van der Waals surface area contributed by atoms with Crippen LogP contribution in [0.4, 0.5) is 0 Å². The normalized spacial score (nSPS) is 12.9. The highest BCUT2D eigenvalue weighted by atomic mass is 32.1. The van der Waals surface area contributed by atoms with Crippen LogP contribution in [0.3, 0.4) is 0 Å². The van der Waals surface area contributed by atoms with Gasteiger partial charge in [-0.2, -0.15) is 0 Å². The highest BCUT2D eigenvalue weighted by Gasteiger charge is 2.30. The highest BCUT2D eigenvalue weighted by Crippen LogP contribution is 2.52. The first-order chi connectivity index (χ1) is 18.4. The molecule has 2 heterocycles. The van der Waals surface area contributed by atoms with E-state index in [1.54, 1.807) is 20.9 Å². The minimum atomic E-state index is 0.696. The van der Waals surface area contributed by atoms with Gasteiger partial charge in [0.05, 0.1) is 0 Å². The maximum absolute atomic E-state index is 2.39. The fourth-order valence-corrected chi connectivity index (χ4v) is 8.48. The van der Waals surface area contributed by atoms with Gasteiger partial charge in [0, 0.05) is 15.7 Å². The van der Waals surface area contributed by atoms with Gasteiger partial charge in [-0.15, -0.1) is 22.7 Å². The number of hydrogen-bond acceptors (Lipinski definition) is 2. The van der Waals surface area contributed by atoms with Crippen molar-refractivity contribution < 1.29 is 0 Å². The van der Waals surface area contributed by atoms with E-state index in [0.717, 1.165) is 0 Å². The van der Waals surface area contributed by atoms with Gasteiger partial charge >= 0.3 is 0 Å². The van der Waals surface area contributed by atoms with Gasteiger partial charge in [0.2, 0.25) is 0 Å². The molecule has 0 aliphatic heterocycles. The Labute approximate surface area is 239 Å². The molecule has 0 N–H and O–H groups in total. The molecule has 0 bridgehead atoms. The monoisotopic (exact) mass is 542 g/mol. The van der Waals surface area contributed by atoms with Crippen molar-refractivity contribution in [1.82, 2.24) is 0 Å². The lowest BCUT2D eigenvalue weighted by Gasteiger charge is -2.11. The standard InChI is InChI=1S/C35H58S2/c1-2-3-4-5-6-7-8-9-10-11-12-13-14-15-16-17-18-19-20-21-22-23-24-25-26-31-32-27-29-36-34(32)35-33(31)28-30-37-35/h27-31H,2-26H2,1H3. The first-order valence-electron chi connectivity index (χ1n) is 16.6. The molecule has 2 aromatic rings. The van der Waals surface area contributed by atoms with Crippen LogP contribution < -0.4 is 0 Å². The Hall–Kier alpha value is -0.600. The Morgan fingerprint density at radius 1 is 0.432 bits per heavy atom. The molecule has 0 atom stereocenters. The van der Waals surface area contributed by atoms with Crippen molar-refractivity contribution in [3.63, 3.8) is 0 Å². The number of thiophene rings is 2. The zero-order valence-electron chi connectivity index (χ0n) is 24.4.